The summed E-state index contributed by atoms with van der Waals surface area (Å²) >= 11 is 0. The van der Waals surface area contributed by atoms with Gasteiger partial charge in [0.2, 0.25) is 11.4 Å². The zero-order chi connectivity index (χ0) is 20.9. The minimum atomic E-state index is 0.577. The summed E-state index contributed by atoms with van der Waals surface area (Å²) in [6.07, 6.45) is 4.56. The number of hydrogen-bond donors (Lipinski definition) is 2. The van der Waals surface area contributed by atoms with E-state index in [9.17, 15) is 0 Å². The Morgan fingerprint density at radius 1 is 1.10 bits per heavy atom. The molecule has 5 nitrogen and oxygen atoms in total. The molecule has 158 valence electrons. The van der Waals surface area contributed by atoms with Gasteiger partial charge < -0.3 is 20.7 Å². The maximum Gasteiger partial charge on any atom is 0.212 e. The number of nitrogen functional groups attached to an aromatic ring is 1. The Labute approximate surface area is 179 Å². The number of anilines is 2. The van der Waals surface area contributed by atoms with Crippen LogP contribution in [0.3, 0.4) is 0 Å². The summed E-state index contributed by atoms with van der Waals surface area (Å²) in [7, 11) is 0. The summed E-state index contributed by atoms with van der Waals surface area (Å²) in [6.45, 7) is 12.0. The fourth-order valence-corrected chi connectivity index (χ4v) is 4.54. The smallest absolute Gasteiger partial charge is 0.212 e. The van der Waals surface area contributed by atoms with E-state index < -0.39 is 0 Å². The summed E-state index contributed by atoms with van der Waals surface area (Å²) < 4.78 is 7.39. The van der Waals surface area contributed by atoms with E-state index in [1.54, 1.807) is 0 Å². The molecule has 0 aromatic heterocycles. The first-order valence-corrected chi connectivity index (χ1v) is 11.0. The molecule has 2 saturated heterocycles. The predicted molar refractivity (Wildman–Crippen MR) is 128 cm³/mol. The second-order valence-electron chi connectivity index (χ2n) is 8.08. The molecule has 2 aliphatic heterocycles. The topological polar surface area (TPSA) is 53.5 Å². The van der Waals surface area contributed by atoms with Gasteiger partial charge in [-0.1, -0.05) is 6.08 Å². The van der Waals surface area contributed by atoms with E-state index in [0.29, 0.717) is 5.92 Å². The van der Waals surface area contributed by atoms with Crippen LogP contribution in [0.5, 0.6) is 0 Å². The van der Waals surface area contributed by atoms with Crippen LogP contribution in [-0.4, -0.2) is 46.1 Å². The molecule has 2 fully saturated rings. The molecule has 0 bridgehead atoms. The Kier molecular flexibility index (Phi) is 6.50. The molecule has 3 N–H and O–H groups in total. The molecule has 0 unspecified atom stereocenters. The summed E-state index contributed by atoms with van der Waals surface area (Å²) in [6, 6.07) is 14.9. The van der Waals surface area contributed by atoms with Crippen molar-refractivity contribution in [2.75, 3.05) is 50.0 Å². The molecule has 0 radical (unpaired) electrons. The molecule has 30 heavy (non-hydrogen) atoms. The Balaban J connectivity index is 1.51. The number of benzene rings is 2. The third-order valence-electron chi connectivity index (χ3n) is 6.29. The lowest BCUT2D eigenvalue weighted by Gasteiger charge is -2.28. The highest BCUT2D eigenvalue weighted by Crippen LogP contribution is 2.35. The van der Waals surface area contributed by atoms with E-state index >= 15 is 0 Å². The van der Waals surface area contributed by atoms with Crippen molar-refractivity contribution in [1.29, 1.82) is 0 Å². The number of nitrogens with two attached hydrogens (primary N) is 1. The lowest BCUT2D eigenvalue weighted by atomic mass is 9.85. The Hall–Kier alpha value is -2.63. The van der Waals surface area contributed by atoms with Gasteiger partial charge in [-0.05, 0) is 62.5 Å². The third kappa shape index (κ3) is 4.42. The number of hydrogen-bond acceptors (Lipinski definition) is 4. The molecule has 5 heteroatoms. The molecule has 0 atom stereocenters. The van der Waals surface area contributed by atoms with Crippen LogP contribution in [0.1, 0.15) is 25.3 Å². The van der Waals surface area contributed by atoms with Crippen molar-refractivity contribution < 1.29 is 4.74 Å². The molecule has 0 aliphatic carbocycles. The van der Waals surface area contributed by atoms with Crippen molar-refractivity contribution in [1.82, 2.24) is 9.89 Å². The molecule has 0 amide bonds. The fraction of sp³-hybridized carbons (Fsp3) is 0.400. The highest BCUT2D eigenvalue weighted by atomic mass is 16.5. The largest absolute Gasteiger partial charge is 0.398 e. The first-order valence-electron chi connectivity index (χ1n) is 11.0. The molecule has 0 saturated carbocycles. The first-order chi connectivity index (χ1) is 14.7. The SMILES string of the molecule is C=[N+](c1ccc(N2CCOCC2)cc1)c1ccc(C(=CC)C2CCNCC2)c(N)c1. The van der Waals surface area contributed by atoms with Gasteiger partial charge in [-0.2, -0.15) is 4.58 Å². The van der Waals surface area contributed by atoms with Crippen molar-refractivity contribution in [2.45, 2.75) is 19.8 Å². The zero-order valence-electron chi connectivity index (χ0n) is 17.9. The Morgan fingerprint density at radius 2 is 1.77 bits per heavy atom. The van der Waals surface area contributed by atoms with Crippen LogP contribution in [0.2, 0.25) is 0 Å². The zero-order valence-corrected chi connectivity index (χ0v) is 17.9. The Bertz CT molecular complexity index is 907. The minimum absolute atomic E-state index is 0.577. The van der Waals surface area contributed by atoms with Crippen molar-refractivity contribution in [3.63, 3.8) is 0 Å². The molecular formula is C25H33N4O+. The molecular weight excluding hydrogens is 372 g/mol. The highest BCUT2D eigenvalue weighted by Gasteiger charge is 2.21. The monoisotopic (exact) mass is 405 g/mol. The predicted octanol–water partition coefficient (Wildman–Crippen LogP) is 4.04. The molecule has 2 aliphatic rings. The van der Waals surface area contributed by atoms with E-state index in [-0.39, 0.29) is 0 Å². The van der Waals surface area contributed by atoms with Crippen LogP contribution in [0.15, 0.2) is 48.5 Å². The summed E-state index contributed by atoms with van der Waals surface area (Å²) in [5, 5.41) is 3.44. The van der Waals surface area contributed by atoms with Crippen LogP contribution in [0.4, 0.5) is 22.7 Å². The number of nitrogens with one attached hydrogen (secondary N) is 1. The van der Waals surface area contributed by atoms with E-state index in [1.165, 1.54) is 11.3 Å². The maximum atomic E-state index is 6.51. The number of morpholine rings is 1. The number of piperidine rings is 1. The summed E-state index contributed by atoms with van der Waals surface area (Å²) in [5.74, 6) is 0.577. The quantitative estimate of drug-likeness (QED) is 0.448. The van der Waals surface area contributed by atoms with Gasteiger partial charge in [-0.25, -0.2) is 0 Å². The van der Waals surface area contributed by atoms with Crippen LogP contribution in [0.25, 0.3) is 5.57 Å². The van der Waals surface area contributed by atoms with Crippen molar-refractivity contribution in [3.05, 3.63) is 54.1 Å². The van der Waals surface area contributed by atoms with E-state index in [0.717, 1.165) is 74.9 Å². The average molecular weight is 406 g/mol. The second kappa shape index (κ2) is 9.45. The minimum Gasteiger partial charge on any atom is -0.398 e. The van der Waals surface area contributed by atoms with Gasteiger partial charge in [-0.15, -0.1) is 0 Å². The lowest BCUT2D eigenvalue weighted by molar-refractivity contribution is 0.122. The fourth-order valence-electron chi connectivity index (χ4n) is 4.54. The normalized spacial score (nSPS) is 18.4. The summed E-state index contributed by atoms with van der Waals surface area (Å²) in [5.41, 5.74) is 13.1. The van der Waals surface area contributed by atoms with Crippen molar-refractivity contribution >= 4 is 35.0 Å². The van der Waals surface area contributed by atoms with E-state index in [1.807, 2.05) is 10.6 Å². The average Bonchev–Trinajstić information content (AvgIpc) is 2.81. The summed E-state index contributed by atoms with van der Waals surface area (Å²) in [4.78, 5) is 2.35. The molecule has 2 aromatic rings. The van der Waals surface area contributed by atoms with Crippen LogP contribution in [-0.2, 0) is 4.74 Å². The first kappa shape index (κ1) is 20.6. The van der Waals surface area contributed by atoms with Crippen LogP contribution < -0.4 is 20.5 Å². The van der Waals surface area contributed by atoms with Gasteiger partial charge in [0.05, 0.1) is 13.2 Å². The van der Waals surface area contributed by atoms with Crippen molar-refractivity contribution in [2.24, 2.45) is 5.92 Å². The van der Waals surface area contributed by atoms with Gasteiger partial charge in [0.1, 0.15) is 6.72 Å². The third-order valence-corrected chi connectivity index (χ3v) is 6.29. The van der Waals surface area contributed by atoms with Gasteiger partial charge in [0.15, 0.2) is 0 Å². The van der Waals surface area contributed by atoms with Gasteiger partial charge >= 0.3 is 0 Å². The van der Waals surface area contributed by atoms with Crippen LogP contribution in [0, 0.1) is 5.92 Å². The van der Waals surface area contributed by atoms with E-state index in [4.69, 9.17) is 10.5 Å². The molecule has 2 aromatic carbocycles. The van der Waals surface area contributed by atoms with Gasteiger partial charge in [-0.3, -0.25) is 0 Å². The molecule has 4 rings (SSSR count). The van der Waals surface area contributed by atoms with Crippen molar-refractivity contribution in [3.8, 4) is 0 Å². The maximum absolute atomic E-state index is 6.51. The van der Waals surface area contributed by atoms with E-state index in [2.05, 4.69) is 66.3 Å². The Morgan fingerprint density at radius 3 is 2.40 bits per heavy atom. The van der Waals surface area contributed by atoms with Gasteiger partial charge in [0, 0.05) is 54.3 Å². The lowest BCUT2D eigenvalue weighted by Crippen LogP contribution is -2.36. The number of allylic oxidation sites excluding steroid dienone is 2. The molecule has 0 spiro atoms. The number of ether oxygens (including phenoxy) is 1. The second-order valence-corrected chi connectivity index (χ2v) is 8.08. The highest BCUT2D eigenvalue weighted by molar-refractivity contribution is 5.79. The number of rotatable bonds is 5. The molecule has 2 heterocycles. The van der Waals surface area contributed by atoms with Crippen LogP contribution >= 0.6 is 0 Å². The number of nitrogens with zero attached hydrogens (tertiary/aromatic N) is 2. The van der Waals surface area contributed by atoms with Gasteiger partial charge in [0.25, 0.3) is 0 Å². The standard InChI is InChI=1S/C25H33N4O/c1-3-23(19-10-12-27-13-11-19)24-9-8-22(18-25(24)26)28(2)20-4-6-21(7-5-20)29-14-16-30-17-15-29/h3-9,18-19,27H,2,10-17,26H2,1H3/q+1.